The van der Waals surface area contributed by atoms with Crippen LogP contribution in [0, 0.1) is 0 Å². The molecule has 0 saturated carbocycles. The first-order valence-electron chi connectivity index (χ1n) is 4.59. The molecular weight excluding hydrogens is 330 g/mol. The highest BCUT2D eigenvalue weighted by atomic mass is 79.9. The van der Waals surface area contributed by atoms with E-state index < -0.39 is 17.3 Å². The number of carbonyl (C=O) groups excluding carboxylic acids is 1. The summed E-state index contributed by atoms with van der Waals surface area (Å²) in [6.45, 7) is 0. The molecule has 2 heterocycles. The maximum absolute atomic E-state index is 12.3. The van der Waals surface area contributed by atoms with Crippen LogP contribution in [0.5, 0.6) is 0 Å². The molecule has 0 saturated heterocycles. The normalized spacial score (nSPS) is 10.7. The zero-order valence-electron chi connectivity index (χ0n) is 8.60. The zero-order chi connectivity index (χ0) is 13.1. The van der Waals surface area contributed by atoms with Crippen LogP contribution in [-0.4, -0.2) is 21.1 Å². The third kappa shape index (κ3) is 3.05. The molecule has 0 aliphatic rings. The Morgan fingerprint density at radius 1 is 1.39 bits per heavy atom. The van der Waals surface area contributed by atoms with Gasteiger partial charge in [0, 0.05) is 16.9 Å². The minimum absolute atomic E-state index is 0.0234. The Morgan fingerprint density at radius 3 is 2.78 bits per heavy atom. The second kappa shape index (κ2) is 5.44. The van der Waals surface area contributed by atoms with E-state index in [0.717, 1.165) is 0 Å². The van der Waals surface area contributed by atoms with E-state index in [-0.39, 0.29) is 10.7 Å². The summed E-state index contributed by atoms with van der Waals surface area (Å²) in [4.78, 5) is 15.5. The summed E-state index contributed by atoms with van der Waals surface area (Å²) in [5.74, 6) is -0.485. The first-order chi connectivity index (χ1) is 8.56. The van der Waals surface area contributed by atoms with E-state index >= 15 is 0 Å². The Bertz CT molecular complexity index is 577. The predicted molar refractivity (Wildman–Crippen MR) is 64.8 cm³/mol. The maximum atomic E-state index is 12.3. The minimum Gasteiger partial charge on any atom is -0.296 e. The molecule has 0 aliphatic heterocycles. The van der Waals surface area contributed by atoms with Crippen LogP contribution in [0.15, 0.2) is 22.9 Å². The SMILES string of the molecule is O=C(Nc1nnc(C(F)F)s1)c1cncc(Br)c1. The molecule has 0 fully saturated rings. The van der Waals surface area contributed by atoms with Gasteiger partial charge in [0.15, 0.2) is 5.01 Å². The lowest BCUT2D eigenvalue weighted by molar-refractivity contribution is 0.102. The van der Waals surface area contributed by atoms with Crippen molar-refractivity contribution in [2.75, 3.05) is 5.32 Å². The van der Waals surface area contributed by atoms with E-state index in [1.54, 1.807) is 6.07 Å². The summed E-state index contributed by atoms with van der Waals surface area (Å²) in [7, 11) is 0. The molecule has 2 rings (SSSR count). The van der Waals surface area contributed by atoms with E-state index in [4.69, 9.17) is 0 Å². The van der Waals surface area contributed by atoms with Crippen molar-refractivity contribution in [2.24, 2.45) is 0 Å². The fraction of sp³-hybridized carbons (Fsp3) is 0.111. The Morgan fingerprint density at radius 2 is 2.17 bits per heavy atom. The third-order valence-corrected chi connectivity index (χ3v) is 3.09. The van der Waals surface area contributed by atoms with Crippen molar-refractivity contribution in [2.45, 2.75) is 6.43 Å². The van der Waals surface area contributed by atoms with Gasteiger partial charge in [0.2, 0.25) is 5.13 Å². The van der Waals surface area contributed by atoms with Crippen LogP contribution in [0.3, 0.4) is 0 Å². The predicted octanol–water partition coefficient (Wildman–Crippen LogP) is 2.89. The Balaban J connectivity index is 2.11. The zero-order valence-corrected chi connectivity index (χ0v) is 11.0. The number of nitrogens with one attached hydrogen (secondary N) is 1. The van der Waals surface area contributed by atoms with Gasteiger partial charge in [-0.15, -0.1) is 10.2 Å². The van der Waals surface area contributed by atoms with Gasteiger partial charge in [-0.25, -0.2) is 8.78 Å². The molecule has 0 radical (unpaired) electrons. The lowest BCUT2D eigenvalue weighted by Crippen LogP contribution is -2.11. The smallest absolute Gasteiger partial charge is 0.291 e. The molecule has 5 nitrogen and oxygen atoms in total. The number of anilines is 1. The maximum Gasteiger partial charge on any atom is 0.291 e. The minimum atomic E-state index is -2.69. The molecule has 0 aromatic carbocycles. The van der Waals surface area contributed by atoms with Crippen LogP contribution >= 0.6 is 27.3 Å². The van der Waals surface area contributed by atoms with E-state index in [2.05, 4.69) is 36.4 Å². The molecule has 0 bridgehead atoms. The quantitative estimate of drug-likeness (QED) is 0.937. The van der Waals surface area contributed by atoms with Crippen molar-refractivity contribution in [3.63, 3.8) is 0 Å². The van der Waals surface area contributed by atoms with Crippen molar-refractivity contribution in [1.82, 2.24) is 15.2 Å². The van der Waals surface area contributed by atoms with Crippen LogP contribution < -0.4 is 5.32 Å². The summed E-state index contributed by atoms with van der Waals surface area (Å²) < 4.78 is 25.2. The van der Waals surface area contributed by atoms with Crippen molar-refractivity contribution >= 4 is 38.3 Å². The molecule has 1 N–H and O–H groups in total. The van der Waals surface area contributed by atoms with Crippen molar-refractivity contribution in [1.29, 1.82) is 0 Å². The number of hydrogen-bond donors (Lipinski definition) is 1. The molecule has 1 amide bonds. The summed E-state index contributed by atoms with van der Waals surface area (Å²) in [6.07, 6.45) is 0.187. The topological polar surface area (TPSA) is 67.8 Å². The first kappa shape index (κ1) is 13.0. The highest BCUT2D eigenvalue weighted by Gasteiger charge is 2.16. The van der Waals surface area contributed by atoms with Gasteiger partial charge in [-0.05, 0) is 22.0 Å². The van der Waals surface area contributed by atoms with Gasteiger partial charge in [0.25, 0.3) is 12.3 Å². The van der Waals surface area contributed by atoms with Gasteiger partial charge in [-0.2, -0.15) is 0 Å². The fourth-order valence-corrected chi connectivity index (χ4v) is 2.04. The van der Waals surface area contributed by atoms with E-state index in [9.17, 15) is 13.6 Å². The molecule has 2 aromatic heterocycles. The summed E-state index contributed by atoms with van der Waals surface area (Å²) in [5.41, 5.74) is 0.290. The number of amides is 1. The van der Waals surface area contributed by atoms with Gasteiger partial charge in [-0.3, -0.25) is 15.1 Å². The number of aromatic nitrogens is 3. The fourth-order valence-electron chi connectivity index (χ4n) is 1.08. The molecule has 9 heteroatoms. The van der Waals surface area contributed by atoms with Crippen molar-refractivity contribution in [3.05, 3.63) is 33.5 Å². The van der Waals surface area contributed by atoms with Gasteiger partial charge in [0.1, 0.15) is 0 Å². The Kier molecular flexibility index (Phi) is 3.92. The largest absolute Gasteiger partial charge is 0.296 e. The molecule has 0 spiro atoms. The monoisotopic (exact) mass is 334 g/mol. The van der Waals surface area contributed by atoms with Crippen LogP contribution in [0.4, 0.5) is 13.9 Å². The molecule has 94 valence electrons. The highest BCUT2D eigenvalue weighted by molar-refractivity contribution is 9.10. The van der Waals surface area contributed by atoms with E-state index in [1.165, 1.54) is 12.4 Å². The second-order valence-electron chi connectivity index (χ2n) is 3.09. The summed E-state index contributed by atoms with van der Waals surface area (Å²) >= 11 is 3.80. The lowest BCUT2D eigenvalue weighted by Gasteiger charge is -2.00. The van der Waals surface area contributed by atoms with E-state index in [0.29, 0.717) is 15.8 Å². The standard InChI is InChI=1S/C9H5BrF2N4OS/c10-5-1-4(2-13-3-5)7(17)14-9-16-15-8(18-9)6(11)12/h1-3,6H,(H,14,16,17). The van der Waals surface area contributed by atoms with Crippen LogP contribution in [-0.2, 0) is 0 Å². The molecular formula is C9H5BrF2N4OS. The summed E-state index contributed by atoms with van der Waals surface area (Å²) in [5, 5.41) is 8.67. The van der Waals surface area contributed by atoms with Crippen LogP contribution in [0.1, 0.15) is 21.8 Å². The second-order valence-corrected chi connectivity index (χ2v) is 5.02. The van der Waals surface area contributed by atoms with Crippen LogP contribution in [0.25, 0.3) is 0 Å². The number of alkyl halides is 2. The highest BCUT2D eigenvalue weighted by Crippen LogP contribution is 2.25. The number of pyridine rings is 1. The number of rotatable bonds is 3. The molecule has 0 unspecified atom stereocenters. The number of halogens is 3. The summed E-state index contributed by atoms with van der Waals surface area (Å²) in [6, 6.07) is 1.55. The number of hydrogen-bond acceptors (Lipinski definition) is 5. The number of nitrogens with zero attached hydrogens (tertiary/aromatic N) is 3. The molecule has 0 aliphatic carbocycles. The Labute approximate surface area is 112 Å². The van der Waals surface area contributed by atoms with Crippen molar-refractivity contribution in [3.8, 4) is 0 Å². The van der Waals surface area contributed by atoms with Crippen molar-refractivity contribution < 1.29 is 13.6 Å². The molecule has 18 heavy (non-hydrogen) atoms. The molecule has 2 aromatic rings. The first-order valence-corrected chi connectivity index (χ1v) is 6.20. The Hall–Kier alpha value is -1.48. The average molecular weight is 335 g/mol. The van der Waals surface area contributed by atoms with E-state index in [1.807, 2.05) is 0 Å². The average Bonchev–Trinajstić information content (AvgIpc) is 2.77. The van der Waals surface area contributed by atoms with Gasteiger partial charge in [0.05, 0.1) is 5.56 Å². The van der Waals surface area contributed by atoms with Gasteiger partial charge < -0.3 is 0 Å². The van der Waals surface area contributed by atoms with Gasteiger partial charge in [-0.1, -0.05) is 11.3 Å². The molecule has 0 atom stereocenters. The van der Waals surface area contributed by atoms with Gasteiger partial charge >= 0.3 is 0 Å². The van der Waals surface area contributed by atoms with Crippen LogP contribution in [0.2, 0.25) is 0 Å². The lowest BCUT2D eigenvalue weighted by atomic mass is 10.3. The third-order valence-electron chi connectivity index (χ3n) is 1.81. The number of carbonyl (C=O) groups is 1.